The zero-order valence-corrected chi connectivity index (χ0v) is 13.1. The fourth-order valence-corrected chi connectivity index (χ4v) is 1.71. The first-order valence-electron chi connectivity index (χ1n) is 7.06. The quantitative estimate of drug-likeness (QED) is 0.808. The SMILES string of the molecule is CCC.Cc1ccc(Nc2c(C(=O)O)ccc(F)c2F)c(F)c1. The third-order valence-corrected chi connectivity index (χ3v) is 2.71. The second-order valence-electron chi connectivity index (χ2n) is 4.90. The lowest BCUT2D eigenvalue weighted by atomic mass is 10.1. The van der Waals surface area contributed by atoms with Crippen LogP contribution in [0.2, 0.25) is 0 Å². The molecule has 0 radical (unpaired) electrons. The molecular weight excluding hydrogens is 307 g/mol. The van der Waals surface area contributed by atoms with Gasteiger partial charge >= 0.3 is 5.97 Å². The third kappa shape index (κ3) is 4.74. The van der Waals surface area contributed by atoms with Gasteiger partial charge in [-0.15, -0.1) is 0 Å². The van der Waals surface area contributed by atoms with Gasteiger partial charge in [0.1, 0.15) is 5.82 Å². The van der Waals surface area contributed by atoms with Crippen LogP contribution < -0.4 is 5.32 Å². The minimum Gasteiger partial charge on any atom is -0.478 e. The summed E-state index contributed by atoms with van der Waals surface area (Å²) in [6, 6.07) is 5.69. The number of anilines is 2. The van der Waals surface area contributed by atoms with Gasteiger partial charge in [-0.2, -0.15) is 0 Å². The van der Waals surface area contributed by atoms with Gasteiger partial charge in [0.05, 0.1) is 16.9 Å². The number of carboxylic acids is 1. The molecule has 6 heteroatoms. The Morgan fingerprint density at radius 1 is 1.09 bits per heavy atom. The molecule has 0 aliphatic carbocycles. The number of rotatable bonds is 3. The van der Waals surface area contributed by atoms with Crippen LogP contribution in [0.4, 0.5) is 24.5 Å². The third-order valence-electron chi connectivity index (χ3n) is 2.71. The molecule has 0 spiro atoms. The van der Waals surface area contributed by atoms with Gasteiger partial charge < -0.3 is 10.4 Å². The molecule has 124 valence electrons. The van der Waals surface area contributed by atoms with Gasteiger partial charge in [0, 0.05) is 0 Å². The Labute approximate surface area is 132 Å². The molecule has 0 saturated carbocycles. The van der Waals surface area contributed by atoms with E-state index in [-0.39, 0.29) is 5.69 Å². The Kier molecular flexibility index (Phi) is 6.63. The molecular formula is C17H18F3NO2. The van der Waals surface area contributed by atoms with Crippen molar-refractivity contribution in [1.82, 2.24) is 0 Å². The van der Waals surface area contributed by atoms with Crippen molar-refractivity contribution in [2.45, 2.75) is 27.2 Å². The van der Waals surface area contributed by atoms with Gasteiger partial charge in [0.25, 0.3) is 0 Å². The second-order valence-corrected chi connectivity index (χ2v) is 4.90. The Balaban J connectivity index is 0.000000816. The minimum atomic E-state index is -1.45. The number of carbonyl (C=O) groups is 1. The number of hydrogen-bond donors (Lipinski definition) is 2. The lowest BCUT2D eigenvalue weighted by molar-refractivity contribution is 0.0697. The summed E-state index contributed by atoms with van der Waals surface area (Å²) in [7, 11) is 0. The van der Waals surface area contributed by atoms with E-state index in [1.54, 1.807) is 13.0 Å². The molecule has 2 aromatic rings. The van der Waals surface area contributed by atoms with Gasteiger partial charge in [0.15, 0.2) is 11.6 Å². The number of aromatic carboxylic acids is 1. The van der Waals surface area contributed by atoms with Crippen LogP contribution in [0.15, 0.2) is 30.3 Å². The smallest absolute Gasteiger partial charge is 0.337 e. The van der Waals surface area contributed by atoms with Crippen LogP contribution in [-0.4, -0.2) is 11.1 Å². The van der Waals surface area contributed by atoms with E-state index in [1.165, 1.54) is 18.6 Å². The van der Waals surface area contributed by atoms with Gasteiger partial charge in [0.2, 0.25) is 0 Å². The molecule has 0 aliphatic heterocycles. The summed E-state index contributed by atoms with van der Waals surface area (Å²) in [6.45, 7) is 5.91. The summed E-state index contributed by atoms with van der Waals surface area (Å²) in [5.74, 6) is -4.72. The van der Waals surface area contributed by atoms with E-state index >= 15 is 0 Å². The number of aryl methyl sites for hydroxylation is 1. The van der Waals surface area contributed by atoms with Crippen LogP contribution >= 0.6 is 0 Å². The molecule has 0 amide bonds. The first-order chi connectivity index (χ1) is 10.8. The van der Waals surface area contributed by atoms with Gasteiger partial charge in [-0.25, -0.2) is 18.0 Å². The normalized spacial score (nSPS) is 9.83. The average molecular weight is 325 g/mol. The molecule has 3 nitrogen and oxygen atoms in total. The van der Waals surface area contributed by atoms with Gasteiger partial charge in [-0.05, 0) is 36.8 Å². The summed E-state index contributed by atoms with van der Waals surface area (Å²) < 4.78 is 40.6. The molecule has 0 saturated heterocycles. The Morgan fingerprint density at radius 2 is 1.70 bits per heavy atom. The molecule has 0 aromatic heterocycles. The topological polar surface area (TPSA) is 49.3 Å². The van der Waals surface area contributed by atoms with Crippen molar-refractivity contribution < 1.29 is 23.1 Å². The molecule has 0 fully saturated rings. The lowest BCUT2D eigenvalue weighted by Crippen LogP contribution is -2.07. The van der Waals surface area contributed by atoms with Crippen molar-refractivity contribution in [3.63, 3.8) is 0 Å². The van der Waals surface area contributed by atoms with Gasteiger partial charge in [-0.1, -0.05) is 26.3 Å². The maximum atomic E-state index is 13.7. The zero-order valence-electron chi connectivity index (χ0n) is 13.1. The van der Waals surface area contributed by atoms with Gasteiger partial charge in [-0.3, -0.25) is 0 Å². The largest absolute Gasteiger partial charge is 0.478 e. The van der Waals surface area contributed by atoms with E-state index in [9.17, 15) is 18.0 Å². The Hall–Kier alpha value is -2.50. The average Bonchev–Trinajstić information content (AvgIpc) is 2.47. The number of hydrogen-bond acceptors (Lipinski definition) is 2. The maximum Gasteiger partial charge on any atom is 0.337 e. The van der Waals surface area contributed by atoms with Crippen LogP contribution in [0.5, 0.6) is 0 Å². The van der Waals surface area contributed by atoms with Crippen molar-refractivity contribution in [2.75, 3.05) is 5.32 Å². The zero-order chi connectivity index (χ0) is 17.6. The number of benzene rings is 2. The van der Waals surface area contributed by atoms with Crippen molar-refractivity contribution in [3.8, 4) is 0 Å². The van der Waals surface area contributed by atoms with Crippen LogP contribution in [0.25, 0.3) is 0 Å². The van der Waals surface area contributed by atoms with Crippen molar-refractivity contribution in [3.05, 3.63) is 58.9 Å². The van der Waals surface area contributed by atoms with E-state index in [4.69, 9.17) is 5.11 Å². The molecule has 0 aliphatic rings. The molecule has 0 unspecified atom stereocenters. The minimum absolute atomic E-state index is 0.136. The predicted octanol–water partition coefficient (Wildman–Crippen LogP) is 5.27. The highest BCUT2D eigenvalue weighted by atomic mass is 19.2. The van der Waals surface area contributed by atoms with E-state index in [2.05, 4.69) is 19.2 Å². The fraction of sp³-hybridized carbons (Fsp3) is 0.235. The Bertz CT molecular complexity index is 702. The van der Waals surface area contributed by atoms with Crippen LogP contribution in [0.1, 0.15) is 36.2 Å². The van der Waals surface area contributed by atoms with Crippen LogP contribution in [-0.2, 0) is 0 Å². The predicted molar refractivity (Wildman–Crippen MR) is 83.7 cm³/mol. The van der Waals surface area contributed by atoms with E-state index in [0.717, 1.165) is 6.07 Å². The first-order valence-corrected chi connectivity index (χ1v) is 7.06. The number of nitrogens with one attached hydrogen (secondary N) is 1. The molecule has 0 atom stereocenters. The standard InChI is InChI=1S/C14H10F3NO2.C3H8/c1-7-2-5-11(10(16)6-7)18-13-8(14(19)20)3-4-9(15)12(13)17;1-3-2/h2-6,18H,1H3,(H,19,20);3H2,1-2H3. The maximum absolute atomic E-state index is 13.7. The number of carboxylic acid groups (broad SMARTS) is 1. The summed E-state index contributed by atoms with van der Waals surface area (Å²) >= 11 is 0. The van der Waals surface area contributed by atoms with Crippen molar-refractivity contribution >= 4 is 17.3 Å². The second kappa shape index (κ2) is 8.22. The summed E-state index contributed by atoms with van der Waals surface area (Å²) in [4.78, 5) is 11.0. The van der Waals surface area contributed by atoms with Crippen molar-refractivity contribution in [2.24, 2.45) is 0 Å². The number of halogens is 3. The Morgan fingerprint density at radius 3 is 2.22 bits per heavy atom. The van der Waals surface area contributed by atoms with Crippen LogP contribution in [0.3, 0.4) is 0 Å². The van der Waals surface area contributed by atoms with E-state index in [0.29, 0.717) is 11.6 Å². The summed E-state index contributed by atoms with van der Waals surface area (Å²) in [5.41, 5.74) is -0.585. The molecule has 2 N–H and O–H groups in total. The molecule has 2 rings (SSSR count). The van der Waals surface area contributed by atoms with E-state index < -0.39 is 34.7 Å². The fourth-order valence-electron chi connectivity index (χ4n) is 1.71. The monoisotopic (exact) mass is 325 g/mol. The highest BCUT2D eigenvalue weighted by Gasteiger charge is 2.19. The highest BCUT2D eigenvalue weighted by molar-refractivity contribution is 5.95. The van der Waals surface area contributed by atoms with E-state index in [1.807, 2.05) is 0 Å². The summed E-state index contributed by atoms with van der Waals surface area (Å²) in [5, 5.41) is 11.2. The highest BCUT2D eigenvalue weighted by Crippen LogP contribution is 2.28. The molecule has 0 bridgehead atoms. The molecule has 2 aromatic carbocycles. The van der Waals surface area contributed by atoms with Crippen molar-refractivity contribution in [1.29, 1.82) is 0 Å². The van der Waals surface area contributed by atoms with Crippen LogP contribution in [0, 0.1) is 24.4 Å². The molecule has 0 heterocycles. The lowest BCUT2D eigenvalue weighted by Gasteiger charge is -2.12. The summed E-state index contributed by atoms with van der Waals surface area (Å²) in [6.07, 6.45) is 1.25. The first kappa shape index (κ1) is 18.5. The molecule has 23 heavy (non-hydrogen) atoms.